The topological polar surface area (TPSA) is 66.6 Å². The summed E-state index contributed by atoms with van der Waals surface area (Å²) in [6, 6.07) is 0.339. The largest absolute Gasteiger partial charge is 0.480 e. The van der Waals surface area contributed by atoms with Crippen molar-refractivity contribution in [2.75, 3.05) is 13.6 Å². The molecule has 2 unspecified atom stereocenters. The van der Waals surface area contributed by atoms with Crippen LogP contribution in [0.1, 0.15) is 26.2 Å². The third-order valence-electron chi connectivity index (χ3n) is 3.07. The van der Waals surface area contributed by atoms with E-state index in [1.165, 1.54) is 0 Å². The molecule has 4 nitrogen and oxygen atoms in total. The highest BCUT2D eigenvalue weighted by Gasteiger charge is 2.42. The quantitative estimate of drug-likeness (QED) is 0.664. The molecule has 0 aromatic heterocycles. The summed E-state index contributed by atoms with van der Waals surface area (Å²) in [6.07, 6.45) is 2.07. The third-order valence-corrected chi connectivity index (χ3v) is 3.07. The number of carboxylic acid groups (broad SMARTS) is 1. The maximum atomic E-state index is 10.8. The van der Waals surface area contributed by atoms with Gasteiger partial charge in [-0.15, -0.1) is 0 Å². The van der Waals surface area contributed by atoms with E-state index in [0.717, 1.165) is 13.0 Å². The number of nitrogens with two attached hydrogens (primary N) is 1. The van der Waals surface area contributed by atoms with Gasteiger partial charge in [-0.3, -0.25) is 4.79 Å². The molecule has 4 heteroatoms. The van der Waals surface area contributed by atoms with Gasteiger partial charge >= 0.3 is 5.97 Å². The Morgan fingerprint density at radius 3 is 2.77 bits per heavy atom. The lowest BCUT2D eigenvalue weighted by molar-refractivity contribution is -0.143. The van der Waals surface area contributed by atoms with Crippen LogP contribution in [0.25, 0.3) is 0 Å². The lowest BCUT2D eigenvalue weighted by Crippen LogP contribution is -2.47. The van der Waals surface area contributed by atoms with Gasteiger partial charge in [-0.2, -0.15) is 0 Å². The first-order valence-electron chi connectivity index (χ1n) is 4.72. The molecule has 0 saturated heterocycles. The molecule has 0 aromatic rings. The highest BCUT2D eigenvalue weighted by molar-refractivity contribution is 5.79. The molecule has 1 saturated carbocycles. The Morgan fingerprint density at radius 1 is 1.77 bits per heavy atom. The van der Waals surface area contributed by atoms with Crippen molar-refractivity contribution in [2.45, 2.75) is 37.8 Å². The van der Waals surface area contributed by atoms with Crippen LogP contribution in [0, 0.1) is 0 Å². The first-order valence-corrected chi connectivity index (χ1v) is 4.72. The van der Waals surface area contributed by atoms with Crippen LogP contribution in [0.4, 0.5) is 0 Å². The van der Waals surface area contributed by atoms with Gasteiger partial charge in [-0.1, -0.05) is 6.92 Å². The number of rotatable bonds is 3. The smallest absolute Gasteiger partial charge is 0.323 e. The number of aliphatic carboxylic acids is 1. The summed E-state index contributed by atoms with van der Waals surface area (Å²) in [5.41, 5.74) is 4.78. The van der Waals surface area contributed by atoms with Gasteiger partial charge < -0.3 is 15.7 Å². The van der Waals surface area contributed by atoms with Gasteiger partial charge in [0.2, 0.25) is 0 Å². The second-order valence-corrected chi connectivity index (χ2v) is 3.93. The molecule has 2 atom stereocenters. The predicted molar refractivity (Wildman–Crippen MR) is 50.5 cm³/mol. The van der Waals surface area contributed by atoms with Crippen LogP contribution in [-0.4, -0.2) is 41.1 Å². The fourth-order valence-corrected chi connectivity index (χ4v) is 1.88. The van der Waals surface area contributed by atoms with Gasteiger partial charge in [-0.05, 0) is 32.9 Å². The van der Waals surface area contributed by atoms with Crippen molar-refractivity contribution in [3.05, 3.63) is 0 Å². The Morgan fingerprint density at radius 2 is 2.38 bits per heavy atom. The van der Waals surface area contributed by atoms with Gasteiger partial charge in [0.15, 0.2) is 0 Å². The van der Waals surface area contributed by atoms with Crippen molar-refractivity contribution < 1.29 is 9.90 Å². The Kier molecular flexibility index (Phi) is 2.93. The third kappa shape index (κ3) is 2.00. The molecular weight excluding hydrogens is 168 g/mol. The molecule has 1 fully saturated rings. The lowest BCUT2D eigenvalue weighted by Gasteiger charge is -2.24. The Labute approximate surface area is 78.7 Å². The number of hydrogen-bond acceptors (Lipinski definition) is 3. The zero-order valence-electron chi connectivity index (χ0n) is 8.29. The Balaban J connectivity index is 2.58. The molecule has 76 valence electrons. The maximum absolute atomic E-state index is 10.8. The van der Waals surface area contributed by atoms with E-state index in [0.29, 0.717) is 18.9 Å². The zero-order valence-corrected chi connectivity index (χ0v) is 8.29. The van der Waals surface area contributed by atoms with E-state index < -0.39 is 11.5 Å². The molecular formula is C9H18N2O2. The van der Waals surface area contributed by atoms with Gasteiger partial charge in [0.1, 0.15) is 5.54 Å². The van der Waals surface area contributed by atoms with E-state index in [9.17, 15) is 4.79 Å². The van der Waals surface area contributed by atoms with Crippen molar-refractivity contribution >= 4 is 5.97 Å². The summed E-state index contributed by atoms with van der Waals surface area (Å²) in [4.78, 5) is 13.0. The minimum atomic E-state index is -0.978. The molecule has 1 aliphatic rings. The molecule has 1 rings (SSSR count). The van der Waals surface area contributed by atoms with E-state index in [1.807, 2.05) is 7.05 Å². The second kappa shape index (κ2) is 3.64. The molecule has 0 aliphatic heterocycles. The fraction of sp³-hybridized carbons (Fsp3) is 0.889. The van der Waals surface area contributed by atoms with Gasteiger partial charge in [0.25, 0.3) is 0 Å². The first kappa shape index (κ1) is 10.5. The summed E-state index contributed by atoms with van der Waals surface area (Å²) >= 11 is 0. The van der Waals surface area contributed by atoms with Crippen molar-refractivity contribution in [1.82, 2.24) is 4.90 Å². The van der Waals surface area contributed by atoms with Crippen LogP contribution in [0.15, 0.2) is 0 Å². The predicted octanol–water partition coefficient (Wildman–Crippen LogP) is 0.273. The average Bonchev–Trinajstić information content (AvgIpc) is 2.48. The highest BCUT2D eigenvalue weighted by Crippen LogP contribution is 2.30. The van der Waals surface area contributed by atoms with Gasteiger partial charge in [-0.25, -0.2) is 0 Å². The SMILES string of the molecule is CCN(C)C1CCC(N)(C(=O)O)C1. The van der Waals surface area contributed by atoms with Gasteiger partial charge in [0, 0.05) is 6.04 Å². The van der Waals surface area contributed by atoms with Crippen LogP contribution < -0.4 is 5.73 Å². The monoisotopic (exact) mass is 186 g/mol. The summed E-state index contributed by atoms with van der Waals surface area (Å²) < 4.78 is 0. The molecule has 0 radical (unpaired) electrons. The molecule has 3 N–H and O–H groups in total. The summed E-state index contributed by atoms with van der Waals surface area (Å²) in [7, 11) is 2.01. The first-order chi connectivity index (χ1) is 5.99. The Bertz CT molecular complexity index is 208. The van der Waals surface area contributed by atoms with E-state index in [-0.39, 0.29) is 0 Å². The minimum Gasteiger partial charge on any atom is -0.480 e. The number of hydrogen-bond donors (Lipinski definition) is 2. The van der Waals surface area contributed by atoms with Crippen LogP contribution >= 0.6 is 0 Å². The summed E-state index contributed by atoms with van der Waals surface area (Å²) in [6.45, 7) is 3.01. The van der Waals surface area contributed by atoms with Crippen molar-refractivity contribution in [1.29, 1.82) is 0 Å². The highest BCUT2D eigenvalue weighted by atomic mass is 16.4. The fourth-order valence-electron chi connectivity index (χ4n) is 1.88. The summed E-state index contributed by atoms with van der Waals surface area (Å²) in [5.74, 6) is -0.862. The second-order valence-electron chi connectivity index (χ2n) is 3.93. The van der Waals surface area contributed by atoms with Crippen molar-refractivity contribution in [2.24, 2.45) is 5.73 Å². The van der Waals surface area contributed by atoms with Crippen LogP contribution in [0.3, 0.4) is 0 Å². The van der Waals surface area contributed by atoms with E-state index in [4.69, 9.17) is 10.8 Å². The van der Waals surface area contributed by atoms with E-state index in [2.05, 4.69) is 11.8 Å². The standard InChI is InChI=1S/C9H18N2O2/c1-3-11(2)7-4-5-9(10,6-7)8(12)13/h7H,3-6,10H2,1-2H3,(H,12,13). The van der Waals surface area contributed by atoms with Crippen LogP contribution in [-0.2, 0) is 4.79 Å². The molecule has 13 heavy (non-hydrogen) atoms. The Hall–Kier alpha value is -0.610. The van der Waals surface area contributed by atoms with Crippen molar-refractivity contribution in [3.63, 3.8) is 0 Å². The molecule has 0 aromatic carbocycles. The number of carbonyl (C=O) groups is 1. The van der Waals surface area contributed by atoms with E-state index in [1.54, 1.807) is 0 Å². The maximum Gasteiger partial charge on any atom is 0.323 e. The van der Waals surface area contributed by atoms with Crippen molar-refractivity contribution in [3.8, 4) is 0 Å². The molecule has 1 aliphatic carbocycles. The molecule has 0 spiro atoms. The molecule has 0 amide bonds. The van der Waals surface area contributed by atoms with Gasteiger partial charge in [0.05, 0.1) is 0 Å². The van der Waals surface area contributed by atoms with Crippen LogP contribution in [0.5, 0.6) is 0 Å². The normalized spacial score (nSPS) is 34.0. The number of carboxylic acids is 1. The lowest BCUT2D eigenvalue weighted by atomic mass is 9.99. The molecule has 0 bridgehead atoms. The zero-order chi connectivity index (χ0) is 10.1. The van der Waals surface area contributed by atoms with E-state index >= 15 is 0 Å². The molecule has 0 heterocycles. The van der Waals surface area contributed by atoms with Crippen LogP contribution in [0.2, 0.25) is 0 Å². The average molecular weight is 186 g/mol. The summed E-state index contributed by atoms with van der Waals surface area (Å²) in [5, 5.41) is 8.90. The minimum absolute atomic E-state index is 0.339. The number of nitrogens with zero attached hydrogens (tertiary/aromatic N) is 1.